The van der Waals surface area contributed by atoms with Crippen LogP contribution in [0.25, 0.3) is 0 Å². The van der Waals surface area contributed by atoms with Gasteiger partial charge < -0.3 is 9.84 Å². The predicted octanol–water partition coefficient (Wildman–Crippen LogP) is 1.71. The molecule has 2 bridgehead atoms. The fourth-order valence-corrected chi connectivity index (χ4v) is 4.13. The quantitative estimate of drug-likeness (QED) is 0.842. The number of carbonyl (C=O) groups excluding carboxylic acids is 1. The SMILES string of the molecule is COC(=O)[C@H]1C2[C@@H](O)CC(C[C@@H]1c1ccc(C)cc1)N2C. The number of methoxy groups -OCH3 is 1. The summed E-state index contributed by atoms with van der Waals surface area (Å²) >= 11 is 0. The van der Waals surface area contributed by atoms with Crippen LogP contribution in [0.15, 0.2) is 24.3 Å². The molecule has 2 heterocycles. The van der Waals surface area contributed by atoms with Crippen molar-refractivity contribution in [3.63, 3.8) is 0 Å². The Kier molecular flexibility index (Phi) is 3.76. The number of ether oxygens (including phenoxy) is 1. The van der Waals surface area contributed by atoms with E-state index in [4.69, 9.17) is 4.74 Å². The van der Waals surface area contributed by atoms with Gasteiger partial charge in [0.15, 0.2) is 0 Å². The summed E-state index contributed by atoms with van der Waals surface area (Å²) in [4.78, 5) is 14.5. The molecule has 2 aliphatic rings. The molecule has 2 saturated heterocycles. The Morgan fingerprint density at radius 3 is 2.57 bits per heavy atom. The highest BCUT2D eigenvalue weighted by Gasteiger charge is 2.53. The number of rotatable bonds is 2. The Labute approximate surface area is 125 Å². The van der Waals surface area contributed by atoms with Crippen LogP contribution in [0.1, 0.15) is 29.9 Å². The van der Waals surface area contributed by atoms with Crippen LogP contribution >= 0.6 is 0 Å². The van der Waals surface area contributed by atoms with E-state index in [9.17, 15) is 9.90 Å². The normalized spacial score (nSPS) is 35.7. The lowest BCUT2D eigenvalue weighted by Crippen LogP contribution is -2.51. The molecule has 4 nitrogen and oxygen atoms in total. The topological polar surface area (TPSA) is 49.8 Å². The second kappa shape index (κ2) is 5.43. The average molecular weight is 289 g/mol. The van der Waals surface area contributed by atoms with Gasteiger partial charge in [-0.05, 0) is 32.4 Å². The number of carbonyl (C=O) groups is 1. The first-order chi connectivity index (χ1) is 10.0. The largest absolute Gasteiger partial charge is 0.469 e. The third-order valence-corrected chi connectivity index (χ3v) is 5.26. The number of piperidine rings is 1. The molecule has 0 aromatic heterocycles. The van der Waals surface area contributed by atoms with Crippen LogP contribution in [0.2, 0.25) is 0 Å². The minimum Gasteiger partial charge on any atom is -0.469 e. The maximum atomic E-state index is 12.3. The fourth-order valence-electron chi connectivity index (χ4n) is 4.13. The van der Waals surface area contributed by atoms with Crippen LogP contribution in [0.3, 0.4) is 0 Å². The van der Waals surface area contributed by atoms with Crippen molar-refractivity contribution in [2.45, 2.75) is 43.9 Å². The van der Waals surface area contributed by atoms with E-state index in [0.29, 0.717) is 6.04 Å². The maximum absolute atomic E-state index is 12.3. The lowest BCUT2D eigenvalue weighted by Gasteiger charge is -2.42. The van der Waals surface area contributed by atoms with Crippen molar-refractivity contribution in [2.75, 3.05) is 14.2 Å². The lowest BCUT2D eigenvalue weighted by molar-refractivity contribution is -0.151. The summed E-state index contributed by atoms with van der Waals surface area (Å²) in [5, 5.41) is 10.3. The number of hydrogen-bond acceptors (Lipinski definition) is 4. The summed E-state index contributed by atoms with van der Waals surface area (Å²) in [6, 6.07) is 8.58. The Balaban J connectivity index is 1.98. The van der Waals surface area contributed by atoms with E-state index in [-0.39, 0.29) is 23.8 Å². The van der Waals surface area contributed by atoms with E-state index in [1.54, 1.807) is 0 Å². The summed E-state index contributed by atoms with van der Waals surface area (Å²) in [7, 11) is 3.44. The standard InChI is InChI=1S/C17H23NO3/c1-10-4-6-11(7-5-10)13-8-12-9-14(19)16(18(12)2)15(13)17(20)21-3/h4-7,12-16,19H,8-9H2,1-3H3/t12?,13-,14+,15-,16?/m1/s1. The second-order valence-electron chi connectivity index (χ2n) is 6.41. The van der Waals surface area contributed by atoms with Gasteiger partial charge >= 0.3 is 5.97 Å². The fraction of sp³-hybridized carbons (Fsp3) is 0.588. The van der Waals surface area contributed by atoms with Gasteiger partial charge in [0.1, 0.15) is 0 Å². The van der Waals surface area contributed by atoms with E-state index in [2.05, 4.69) is 36.1 Å². The van der Waals surface area contributed by atoms with Gasteiger partial charge in [0.25, 0.3) is 0 Å². The summed E-state index contributed by atoms with van der Waals surface area (Å²) in [5.41, 5.74) is 2.39. The molecule has 1 N–H and O–H groups in total. The van der Waals surface area contributed by atoms with E-state index < -0.39 is 6.10 Å². The van der Waals surface area contributed by atoms with Gasteiger partial charge in [-0.25, -0.2) is 0 Å². The van der Waals surface area contributed by atoms with Crippen LogP contribution < -0.4 is 0 Å². The van der Waals surface area contributed by atoms with Crippen LogP contribution in [0.5, 0.6) is 0 Å². The van der Waals surface area contributed by atoms with Crippen LogP contribution in [-0.2, 0) is 9.53 Å². The highest BCUT2D eigenvalue weighted by molar-refractivity contribution is 5.75. The number of likely N-dealkylation sites (N-methyl/N-ethyl adjacent to an activating group) is 1. The molecule has 4 heteroatoms. The first kappa shape index (κ1) is 14.5. The Bertz CT molecular complexity index is 527. The minimum atomic E-state index is -0.445. The molecule has 0 saturated carbocycles. The zero-order chi connectivity index (χ0) is 15.1. The molecule has 3 rings (SSSR count). The third-order valence-electron chi connectivity index (χ3n) is 5.26. The molecule has 2 fully saturated rings. The van der Waals surface area contributed by atoms with Gasteiger partial charge in [0.05, 0.1) is 19.1 Å². The third kappa shape index (κ3) is 2.36. The number of benzene rings is 1. The number of hydrogen-bond donors (Lipinski definition) is 1. The number of nitrogens with zero attached hydrogens (tertiary/aromatic N) is 1. The number of aryl methyl sites for hydroxylation is 1. The minimum absolute atomic E-state index is 0.126. The molecule has 114 valence electrons. The molecule has 1 aromatic carbocycles. The summed E-state index contributed by atoms with van der Waals surface area (Å²) in [6.07, 6.45) is 1.20. The Morgan fingerprint density at radius 2 is 1.95 bits per heavy atom. The molecule has 0 spiro atoms. The van der Waals surface area contributed by atoms with Gasteiger partial charge in [0, 0.05) is 18.0 Å². The highest BCUT2D eigenvalue weighted by atomic mass is 16.5. The van der Waals surface area contributed by atoms with Crippen molar-refractivity contribution in [1.29, 1.82) is 0 Å². The van der Waals surface area contributed by atoms with Crippen molar-refractivity contribution in [1.82, 2.24) is 4.90 Å². The summed E-state index contributed by atoms with van der Waals surface area (Å²) in [5.74, 6) is -0.380. The number of aliphatic hydroxyl groups excluding tert-OH is 1. The molecule has 0 amide bonds. The van der Waals surface area contributed by atoms with Crippen molar-refractivity contribution in [3.8, 4) is 0 Å². The van der Waals surface area contributed by atoms with E-state index >= 15 is 0 Å². The van der Waals surface area contributed by atoms with Crippen LogP contribution in [-0.4, -0.2) is 48.3 Å². The van der Waals surface area contributed by atoms with Crippen molar-refractivity contribution in [3.05, 3.63) is 35.4 Å². The highest BCUT2D eigenvalue weighted by Crippen LogP contribution is 2.46. The van der Waals surface area contributed by atoms with Crippen molar-refractivity contribution >= 4 is 5.97 Å². The molecular weight excluding hydrogens is 266 g/mol. The molecule has 5 atom stereocenters. The molecule has 0 aliphatic carbocycles. The van der Waals surface area contributed by atoms with Gasteiger partial charge in [0.2, 0.25) is 0 Å². The second-order valence-corrected chi connectivity index (χ2v) is 6.41. The Hall–Kier alpha value is -1.39. The van der Waals surface area contributed by atoms with Crippen molar-refractivity contribution in [2.24, 2.45) is 5.92 Å². The molecule has 21 heavy (non-hydrogen) atoms. The van der Waals surface area contributed by atoms with Crippen molar-refractivity contribution < 1.29 is 14.6 Å². The van der Waals surface area contributed by atoms with Gasteiger partial charge in [-0.1, -0.05) is 29.8 Å². The lowest BCUT2D eigenvalue weighted by atomic mass is 9.76. The van der Waals surface area contributed by atoms with Gasteiger partial charge in [-0.3, -0.25) is 9.69 Å². The smallest absolute Gasteiger partial charge is 0.310 e. The molecule has 1 aromatic rings. The predicted molar refractivity (Wildman–Crippen MR) is 80.0 cm³/mol. The van der Waals surface area contributed by atoms with Gasteiger partial charge in [-0.15, -0.1) is 0 Å². The van der Waals surface area contributed by atoms with E-state index in [1.807, 2.05) is 7.05 Å². The molecule has 0 radical (unpaired) electrons. The monoisotopic (exact) mass is 289 g/mol. The first-order valence-electron chi connectivity index (χ1n) is 7.57. The van der Waals surface area contributed by atoms with Gasteiger partial charge in [-0.2, -0.15) is 0 Å². The number of esters is 1. The molecule has 2 aliphatic heterocycles. The van der Waals surface area contributed by atoms with E-state index in [0.717, 1.165) is 12.8 Å². The van der Waals surface area contributed by atoms with E-state index in [1.165, 1.54) is 18.2 Å². The number of fused-ring (bicyclic) bond motifs is 2. The van der Waals surface area contributed by atoms with Crippen LogP contribution in [0, 0.1) is 12.8 Å². The zero-order valence-corrected chi connectivity index (χ0v) is 12.8. The summed E-state index contributed by atoms with van der Waals surface area (Å²) < 4.78 is 5.04. The first-order valence-corrected chi connectivity index (χ1v) is 7.57. The maximum Gasteiger partial charge on any atom is 0.310 e. The zero-order valence-electron chi connectivity index (χ0n) is 12.8. The average Bonchev–Trinajstić information content (AvgIpc) is 2.66. The van der Waals surface area contributed by atoms with Crippen LogP contribution in [0.4, 0.5) is 0 Å². The molecular formula is C17H23NO3. The Morgan fingerprint density at radius 1 is 1.29 bits per heavy atom. The summed E-state index contributed by atoms with van der Waals surface area (Å²) in [6.45, 7) is 2.06. The number of aliphatic hydroxyl groups is 1. The molecule has 2 unspecified atom stereocenters.